The zero-order valence-corrected chi connectivity index (χ0v) is 19.2. The molecule has 3 nitrogen and oxygen atoms in total. The minimum Gasteiger partial charge on any atom is -0.257 e. The van der Waals surface area contributed by atoms with Crippen LogP contribution in [-0.2, 0) is 0 Å². The van der Waals surface area contributed by atoms with Crippen LogP contribution in [0.2, 0.25) is 5.02 Å². The number of hydrogen-bond donors (Lipinski definition) is 0. The van der Waals surface area contributed by atoms with Crippen molar-refractivity contribution in [2.24, 2.45) is 10.1 Å². The summed E-state index contributed by atoms with van der Waals surface area (Å²) in [6.45, 7) is 2.11. The lowest BCUT2D eigenvalue weighted by atomic mass is 9.98. The van der Waals surface area contributed by atoms with Crippen LogP contribution in [0.15, 0.2) is 113 Å². The van der Waals surface area contributed by atoms with Crippen LogP contribution in [0.5, 0.6) is 0 Å². The molecule has 1 heterocycles. The Labute approximate surface area is 199 Å². The molecular formula is C29H24ClN3. The Morgan fingerprint density at radius 1 is 0.848 bits per heavy atom. The quantitative estimate of drug-likeness (QED) is 0.286. The average molecular weight is 450 g/mol. The number of hydrazone groups is 1. The molecule has 1 unspecified atom stereocenters. The Morgan fingerprint density at radius 3 is 2.27 bits per heavy atom. The molecule has 1 aliphatic heterocycles. The number of nitrogens with zero attached hydrogens (tertiary/aromatic N) is 3. The maximum atomic E-state index is 6.21. The van der Waals surface area contributed by atoms with Crippen molar-refractivity contribution in [3.8, 4) is 0 Å². The largest absolute Gasteiger partial charge is 0.257 e. The van der Waals surface area contributed by atoms with Crippen molar-refractivity contribution in [3.63, 3.8) is 0 Å². The minimum atomic E-state index is 0.158. The molecule has 0 fully saturated rings. The molecule has 4 aromatic carbocycles. The number of para-hydroxylation sites is 1. The number of halogens is 1. The highest BCUT2D eigenvalue weighted by molar-refractivity contribution is 6.33. The van der Waals surface area contributed by atoms with E-state index >= 15 is 0 Å². The van der Waals surface area contributed by atoms with Crippen molar-refractivity contribution in [1.82, 2.24) is 0 Å². The van der Waals surface area contributed by atoms with E-state index in [1.165, 1.54) is 16.7 Å². The van der Waals surface area contributed by atoms with Crippen molar-refractivity contribution in [3.05, 3.63) is 130 Å². The van der Waals surface area contributed by atoms with Crippen molar-refractivity contribution < 1.29 is 0 Å². The molecule has 0 spiro atoms. The highest BCUT2D eigenvalue weighted by Gasteiger charge is 2.29. The van der Waals surface area contributed by atoms with Gasteiger partial charge >= 0.3 is 0 Å². The molecule has 162 valence electrons. The highest BCUT2D eigenvalue weighted by Crippen LogP contribution is 2.36. The van der Waals surface area contributed by atoms with Crippen molar-refractivity contribution in [2.75, 3.05) is 5.01 Å². The third kappa shape index (κ3) is 4.74. The van der Waals surface area contributed by atoms with E-state index in [0.717, 1.165) is 29.1 Å². The normalized spacial score (nSPS) is 15.8. The van der Waals surface area contributed by atoms with Gasteiger partial charge in [0.2, 0.25) is 0 Å². The maximum absolute atomic E-state index is 6.21. The fourth-order valence-electron chi connectivity index (χ4n) is 4.02. The topological polar surface area (TPSA) is 28.0 Å². The fourth-order valence-corrected chi connectivity index (χ4v) is 4.20. The summed E-state index contributed by atoms with van der Waals surface area (Å²) in [5, 5.41) is 7.83. The Morgan fingerprint density at radius 2 is 1.55 bits per heavy atom. The Hall–Kier alpha value is -3.69. The lowest BCUT2D eigenvalue weighted by Gasteiger charge is -2.24. The number of anilines is 1. The highest BCUT2D eigenvalue weighted by atomic mass is 35.5. The van der Waals surface area contributed by atoms with Gasteiger partial charge in [-0.05, 0) is 47.9 Å². The van der Waals surface area contributed by atoms with E-state index < -0.39 is 0 Å². The van der Waals surface area contributed by atoms with Crippen LogP contribution in [0.25, 0.3) is 0 Å². The van der Waals surface area contributed by atoms with E-state index in [2.05, 4.69) is 95.8 Å². The summed E-state index contributed by atoms with van der Waals surface area (Å²) < 4.78 is 0. The van der Waals surface area contributed by atoms with Crippen LogP contribution >= 0.6 is 11.6 Å². The number of benzene rings is 4. The van der Waals surface area contributed by atoms with Crippen molar-refractivity contribution >= 4 is 34.9 Å². The summed E-state index contributed by atoms with van der Waals surface area (Å²) in [4.78, 5) is 4.53. The van der Waals surface area contributed by atoms with E-state index in [0.29, 0.717) is 5.02 Å². The Bertz CT molecular complexity index is 1290. The van der Waals surface area contributed by atoms with Crippen molar-refractivity contribution in [2.45, 2.75) is 19.4 Å². The van der Waals surface area contributed by atoms with Crippen LogP contribution in [0.3, 0.4) is 0 Å². The summed E-state index contributed by atoms with van der Waals surface area (Å²) in [5.41, 5.74) is 7.62. The lowest BCUT2D eigenvalue weighted by molar-refractivity contribution is 0.709. The van der Waals surface area contributed by atoms with E-state index in [4.69, 9.17) is 16.7 Å². The van der Waals surface area contributed by atoms with Gasteiger partial charge in [0.15, 0.2) is 0 Å². The lowest BCUT2D eigenvalue weighted by Crippen LogP contribution is -2.18. The molecule has 1 atom stereocenters. The molecule has 0 N–H and O–H groups in total. The van der Waals surface area contributed by atoms with Gasteiger partial charge in [-0.15, -0.1) is 0 Å². The maximum Gasteiger partial charge on any atom is 0.0831 e. The molecule has 0 saturated heterocycles. The van der Waals surface area contributed by atoms with Gasteiger partial charge in [0.1, 0.15) is 0 Å². The van der Waals surface area contributed by atoms with Gasteiger partial charge in [0, 0.05) is 12.6 Å². The van der Waals surface area contributed by atoms with Crippen LogP contribution < -0.4 is 5.01 Å². The molecule has 0 bridgehead atoms. The molecule has 4 aromatic rings. The molecule has 0 amide bonds. The molecule has 0 aromatic heterocycles. The second-order valence-electron chi connectivity index (χ2n) is 8.19. The molecule has 0 radical (unpaired) electrons. The zero-order valence-electron chi connectivity index (χ0n) is 18.4. The third-order valence-corrected chi connectivity index (χ3v) is 6.16. The van der Waals surface area contributed by atoms with E-state index in [-0.39, 0.29) is 6.04 Å². The SMILES string of the molecule is Cc1ccc(C2=NN(c3ccc(C=Nc4ccccc4Cl)cc3)C(c3ccccc3)C2)cc1. The standard InChI is InChI=1S/C29H24ClN3/c1-21-11-15-23(16-12-21)28-19-29(24-7-3-2-4-8-24)33(32-28)25-17-13-22(14-18-25)20-31-27-10-6-5-9-26(27)30/h2-18,20,29H,19H2,1H3. The first kappa shape index (κ1) is 21.2. The first-order valence-corrected chi connectivity index (χ1v) is 11.4. The molecule has 4 heteroatoms. The number of aliphatic imine (C=N–C) groups is 1. The van der Waals surface area contributed by atoms with Gasteiger partial charge < -0.3 is 0 Å². The van der Waals surface area contributed by atoms with E-state index in [1.54, 1.807) is 0 Å². The van der Waals surface area contributed by atoms with Gasteiger partial charge in [-0.25, -0.2) is 0 Å². The predicted molar refractivity (Wildman–Crippen MR) is 139 cm³/mol. The van der Waals surface area contributed by atoms with Crippen LogP contribution in [-0.4, -0.2) is 11.9 Å². The molecule has 1 aliphatic rings. The van der Waals surface area contributed by atoms with E-state index in [9.17, 15) is 0 Å². The second kappa shape index (κ2) is 9.43. The zero-order chi connectivity index (χ0) is 22.6. The summed E-state index contributed by atoms with van der Waals surface area (Å²) in [7, 11) is 0. The van der Waals surface area contributed by atoms with Gasteiger partial charge in [-0.2, -0.15) is 5.10 Å². The number of hydrogen-bond acceptors (Lipinski definition) is 3. The minimum absolute atomic E-state index is 0.158. The van der Waals surface area contributed by atoms with Gasteiger partial charge in [-0.3, -0.25) is 10.0 Å². The first-order chi connectivity index (χ1) is 16.2. The third-order valence-electron chi connectivity index (χ3n) is 5.84. The summed E-state index contributed by atoms with van der Waals surface area (Å²) in [5.74, 6) is 0. The van der Waals surface area contributed by atoms with Gasteiger partial charge in [0.05, 0.1) is 28.2 Å². The van der Waals surface area contributed by atoms with Crippen LogP contribution in [0.1, 0.15) is 34.7 Å². The Balaban J connectivity index is 1.44. The molecular weight excluding hydrogens is 426 g/mol. The number of aryl methyl sites for hydroxylation is 1. The molecule has 33 heavy (non-hydrogen) atoms. The monoisotopic (exact) mass is 449 g/mol. The average Bonchev–Trinajstić information content (AvgIpc) is 3.30. The van der Waals surface area contributed by atoms with Crippen LogP contribution in [0, 0.1) is 6.92 Å². The van der Waals surface area contributed by atoms with E-state index in [1.807, 2.05) is 30.5 Å². The summed E-state index contributed by atoms with van der Waals surface area (Å²) in [6, 6.07) is 35.3. The van der Waals surface area contributed by atoms with Crippen LogP contribution in [0.4, 0.5) is 11.4 Å². The Kier molecular flexibility index (Phi) is 6.05. The summed E-state index contributed by atoms with van der Waals surface area (Å²) in [6.07, 6.45) is 2.70. The summed E-state index contributed by atoms with van der Waals surface area (Å²) >= 11 is 6.21. The molecule has 0 aliphatic carbocycles. The van der Waals surface area contributed by atoms with Crippen molar-refractivity contribution in [1.29, 1.82) is 0 Å². The smallest absolute Gasteiger partial charge is 0.0831 e. The van der Waals surface area contributed by atoms with Gasteiger partial charge in [0.25, 0.3) is 0 Å². The molecule has 0 saturated carbocycles. The molecule has 5 rings (SSSR count). The fraction of sp³-hybridized carbons (Fsp3) is 0.103. The second-order valence-corrected chi connectivity index (χ2v) is 8.60. The first-order valence-electron chi connectivity index (χ1n) is 11.0. The number of rotatable bonds is 5. The predicted octanol–water partition coefficient (Wildman–Crippen LogP) is 7.75. The van der Waals surface area contributed by atoms with Gasteiger partial charge in [-0.1, -0.05) is 96.0 Å².